The number of primary amides is 1. The summed E-state index contributed by atoms with van der Waals surface area (Å²) < 4.78 is 14.6. The average Bonchev–Trinajstić information content (AvgIpc) is 2.41. The van der Waals surface area contributed by atoms with Crippen molar-refractivity contribution < 1.29 is 9.18 Å². The summed E-state index contributed by atoms with van der Waals surface area (Å²) in [5, 5.41) is 0. The highest BCUT2D eigenvalue weighted by molar-refractivity contribution is 7.16. The van der Waals surface area contributed by atoms with E-state index in [0.717, 1.165) is 11.3 Å². The highest BCUT2D eigenvalue weighted by Gasteiger charge is 2.09. The van der Waals surface area contributed by atoms with Gasteiger partial charge in [-0.3, -0.25) is 14.2 Å². The van der Waals surface area contributed by atoms with E-state index in [1.54, 1.807) is 0 Å². The molecule has 0 aliphatic rings. The van der Waals surface area contributed by atoms with Gasteiger partial charge in [-0.2, -0.15) is 0 Å². The molecule has 0 aliphatic carbocycles. The maximum atomic E-state index is 12.8. The first-order chi connectivity index (χ1) is 7.08. The Balaban J connectivity index is 2.68. The molecule has 0 atom stereocenters. The lowest BCUT2D eigenvalue weighted by atomic mass is 10.3. The summed E-state index contributed by atoms with van der Waals surface area (Å²) in [6.07, 6.45) is 0. The molecular formula is C9H7FN2O2S. The van der Waals surface area contributed by atoms with Crippen LogP contribution in [0.4, 0.5) is 4.39 Å². The number of thiazole rings is 1. The van der Waals surface area contributed by atoms with Crippen molar-refractivity contribution in [2.45, 2.75) is 6.54 Å². The van der Waals surface area contributed by atoms with E-state index in [1.807, 2.05) is 0 Å². The molecule has 1 aromatic heterocycles. The van der Waals surface area contributed by atoms with Gasteiger partial charge in [0.05, 0.1) is 10.2 Å². The maximum absolute atomic E-state index is 12.8. The van der Waals surface area contributed by atoms with E-state index in [4.69, 9.17) is 5.73 Å². The van der Waals surface area contributed by atoms with Gasteiger partial charge in [-0.1, -0.05) is 11.3 Å². The number of rotatable bonds is 2. The first-order valence-corrected chi connectivity index (χ1v) is 4.97. The average molecular weight is 226 g/mol. The second-order valence-corrected chi connectivity index (χ2v) is 4.03. The number of amides is 1. The fourth-order valence-electron chi connectivity index (χ4n) is 1.35. The molecule has 78 valence electrons. The molecule has 1 heterocycles. The van der Waals surface area contributed by atoms with E-state index in [2.05, 4.69) is 0 Å². The Labute approximate surface area is 87.7 Å². The molecule has 0 fully saturated rings. The number of fused-ring (bicyclic) bond motifs is 1. The summed E-state index contributed by atoms with van der Waals surface area (Å²) in [7, 11) is 0. The summed E-state index contributed by atoms with van der Waals surface area (Å²) in [5.41, 5.74) is 5.54. The molecule has 0 unspecified atom stereocenters. The van der Waals surface area contributed by atoms with Crippen LogP contribution < -0.4 is 10.6 Å². The summed E-state index contributed by atoms with van der Waals surface area (Å²) in [6, 6.07) is 3.97. The molecule has 2 aromatic rings. The molecule has 15 heavy (non-hydrogen) atoms. The van der Waals surface area contributed by atoms with Gasteiger partial charge in [0.1, 0.15) is 12.4 Å². The minimum absolute atomic E-state index is 0.176. The van der Waals surface area contributed by atoms with Gasteiger partial charge in [0.2, 0.25) is 5.91 Å². The van der Waals surface area contributed by atoms with Crippen molar-refractivity contribution in [2.75, 3.05) is 0 Å². The molecule has 0 saturated heterocycles. The summed E-state index contributed by atoms with van der Waals surface area (Å²) in [4.78, 5) is 21.8. The molecular weight excluding hydrogens is 219 g/mol. The Hall–Kier alpha value is -1.69. The maximum Gasteiger partial charge on any atom is 0.308 e. The van der Waals surface area contributed by atoms with Gasteiger partial charge < -0.3 is 5.73 Å². The number of carbonyl (C=O) groups excluding carboxylic acids is 1. The van der Waals surface area contributed by atoms with Crippen LogP contribution in [0.1, 0.15) is 0 Å². The fourth-order valence-corrected chi connectivity index (χ4v) is 2.26. The number of carbonyl (C=O) groups is 1. The van der Waals surface area contributed by atoms with E-state index in [9.17, 15) is 14.0 Å². The number of nitrogens with two attached hydrogens (primary N) is 1. The molecule has 1 amide bonds. The number of benzene rings is 1. The van der Waals surface area contributed by atoms with Gasteiger partial charge in [0.15, 0.2) is 0 Å². The smallest absolute Gasteiger partial charge is 0.308 e. The number of nitrogens with zero attached hydrogens (tertiary/aromatic N) is 1. The van der Waals surface area contributed by atoms with Crippen LogP contribution in [0.25, 0.3) is 10.2 Å². The number of hydrogen-bond acceptors (Lipinski definition) is 3. The molecule has 6 heteroatoms. The minimum atomic E-state index is -0.596. The van der Waals surface area contributed by atoms with E-state index in [1.165, 1.54) is 22.8 Å². The summed E-state index contributed by atoms with van der Waals surface area (Å²) in [5.74, 6) is -1.00. The molecule has 1 aromatic carbocycles. The molecule has 0 spiro atoms. The fraction of sp³-hybridized carbons (Fsp3) is 0.111. The molecule has 0 bridgehead atoms. The van der Waals surface area contributed by atoms with E-state index in [-0.39, 0.29) is 11.4 Å². The van der Waals surface area contributed by atoms with Gasteiger partial charge in [0.25, 0.3) is 0 Å². The number of halogens is 1. The van der Waals surface area contributed by atoms with Gasteiger partial charge in [-0.05, 0) is 18.2 Å². The largest absolute Gasteiger partial charge is 0.368 e. The van der Waals surface area contributed by atoms with Crippen LogP contribution in [-0.4, -0.2) is 10.5 Å². The zero-order chi connectivity index (χ0) is 11.0. The van der Waals surface area contributed by atoms with Gasteiger partial charge in [-0.15, -0.1) is 0 Å². The van der Waals surface area contributed by atoms with Crippen LogP contribution in [0.2, 0.25) is 0 Å². The first-order valence-electron chi connectivity index (χ1n) is 4.15. The Morgan fingerprint density at radius 3 is 2.93 bits per heavy atom. The molecule has 2 rings (SSSR count). The van der Waals surface area contributed by atoms with Crippen LogP contribution in [0.5, 0.6) is 0 Å². The van der Waals surface area contributed by atoms with Crippen molar-refractivity contribution in [3.05, 3.63) is 33.7 Å². The summed E-state index contributed by atoms with van der Waals surface area (Å²) in [6.45, 7) is -0.176. The van der Waals surface area contributed by atoms with Crippen LogP contribution in [0, 0.1) is 5.82 Å². The van der Waals surface area contributed by atoms with Crippen LogP contribution in [0.3, 0.4) is 0 Å². The topological polar surface area (TPSA) is 65.1 Å². The Morgan fingerprint density at radius 2 is 2.27 bits per heavy atom. The molecule has 0 radical (unpaired) electrons. The van der Waals surface area contributed by atoms with Crippen molar-refractivity contribution in [1.82, 2.24) is 4.57 Å². The standard InChI is InChI=1S/C9H7FN2O2S/c10-5-1-2-6-7(3-5)15-9(14)12(6)4-8(11)13/h1-3H,4H2,(H2,11,13). The molecule has 4 nitrogen and oxygen atoms in total. The van der Waals surface area contributed by atoms with Gasteiger partial charge >= 0.3 is 4.87 Å². The van der Waals surface area contributed by atoms with Gasteiger partial charge in [-0.25, -0.2) is 4.39 Å². The van der Waals surface area contributed by atoms with E-state index in [0.29, 0.717) is 10.2 Å². The predicted molar refractivity (Wildman–Crippen MR) is 55.2 cm³/mol. The van der Waals surface area contributed by atoms with E-state index >= 15 is 0 Å². The first kappa shape index (κ1) is 9.85. The monoisotopic (exact) mass is 226 g/mol. The van der Waals surface area contributed by atoms with Crippen molar-refractivity contribution in [3.63, 3.8) is 0 Å². The quantitative estimate of drug-likeness (QED) is 0.818. The lowest BCUT2D eigenvalue weighted by Gasteiger charge is -1.98. The van der Waals surface area contributed by atoms with Crippen LogP contribution in [0.15, 0.2) is 23.0 Å². The van der Waals surface area contributed by atoms with E-state index < -0.39 is 11.7 Å². The highest BCUT2D eigenvalue weighted by atomic mass is 32.1. The molecule has 2 N–H and O–H groups in total. The third-order valence-electron chi connectivity index (χ3n) is 1.94. The van der Waals surface area contributed by atoms with Crippen molar-refractivity contribution in [2.24, 2.45) is 5.73 Å². The second-order valence-electron chi connectivity index (χ2n) is 3.03. The SMILES string of the molecule is NC(=O)Cn1c(=O)sc2cc(F)ccc21. The zero-order valence-electron chi connectivity index (χ0n) is 7.57. The lowest BCUT2D eigenvalue weighted by molar-refractivity contribution is -0.118. The van der Waals surface area contributed by atoms with Crippen LogP contribution >= 0.6 is 11.3 Å². The molecule has 0 saturated carbocycles. The summed E-state index contributed by atoms with van der Waals surface area (Å²) >= 11 is 0.895. The number of hydrogen-bond donors (Lipinski definition) is 1. The van der Waals surface area contributed by atoms with Gasteiger partial charge in [0, 0.05) is 0 Å². The predicted octanol–water partition coefficient (Wildman–Crippen LogP) is 0.687. The van der Waals surface area contributed by atoms with Crippen molar-refractivity contribution in [1.29, 1.82) is 0 Å². The van der Waals surface area contributed by atoms with Crippen LogP contribution in [-0.2, 0) is 11.3 Å². The zero-order valence-corrected chi connectivity index (χ0v) is 8.38. The third-order valence-corrected chi connectivity index (χ3v) is 2.89. The Bertz CT molecular complexity index is 587. The third kappa shape index (κ3) is 1.75. The highest BCUT2D eigenvalue weighted by Crippen LogP contribution is 2.18. The number of aromatic nitrogens is 1. The molecule has 0 aliphatic heterocycles. The minimum Gasteiger partial charge on any atom is -0.368 e. The Kier molecular flexibility index (Phi) is 2.28. The second kappa shape index (κ2) is 3.47. The lowest BCUT2D eigenvalue weighted by Crippen LogP contribution is -2.24. The van der Waals surface area contributed by atoms with Crippen molar-refractivity contribution in [3.8, 4) is 0 Å². The van der Waals surface area contributed by atoms with Crippen molar-refractivity contribution >= 4 is 27.5 Å². The Morgan fingerprint density at radius 1 is 1.53 bits per heavy atom. The normalized spacial score (nSPS) is 10.7.